The number of benzene rings is 8. The molecule has 0 amide bonds. The normalized spacial score (nSPS) is 18.1. The number of dihydropyridines is 4. The Morgan fingerprint density at radius 2 is 0.648 bits per heavy atom. The molecule has 646 valence electrons. The van der Waals surface area contributed by atoms with Crippen LogP contribution in [-0.2, 0) is 38.1 Å². The van der Waals surface area contributed by atoms with Crippen molar-refractivity contribution < 1.29 is 57.8 Å². The predicted molar refractivity (Wildman–Crippen MR) is 494 cm³/mol. The van der Waals surface area contributed by atoms with Gasteiger partial charge >= 0.3 is 73.4 Å². The first-order valence-electron chi connectivity index (χ1n) is 40.3. The van der Waals surface area contributed by atoms with Crippen LogP contribution >= 0.6 is 25.6 Å². The molecule has 0 spiro atoms. The maximum absolute atomic E-state index is 12.8. The SMILES string of the molecule is C1CC1.C1CC1.CCOC(=O)C1=C(C)NC2=C(C=Nc3ccccc3N2)[C@@H]1c1cccc([N+](=O)[O-])c1.CCOC(=O)C1=C(C)NC2=C(C=Nc3ccccc3N2)[C@H]1c1cccc([N+](=O)[O-])c1.O=C1OCC2=C1[C@@H](c1cccc([N+](=O)[O-])c1)C1=C(N2)Nc2ccccc2N=C1.O=C1OCC2=C1[C@H](c1cccc([N+](=O)[O-])c1)C1=C(N2)Nc2ccccc2N=C1.[B]=NS.[B]=NS. The fourth-order valence-corrected chi connectivity index (χ4v) is 14.8. The van der Waals surface area contributed by atoms with E-state index < -0.39 is 67.2 Å². The van der Waals surface area contributed by atoms with Crippen molar-refractivity contribution in [1.29, 1.82) is 0 Å². The number of hydrogen-bond donors (Lipinski definition) is 10. The van der Waals surface area contributed by atoms with Crippen molar-refractivity contribution in [3.05, 3.63) is 347 Å². The van der Waals surface area contributed by atoms with Crippen molar-refractivity contribution in [2.75, 3.05) is 47.7 Å². The topological polar surface area (TPSA) is 448 Å². The number of esters is 4. The van der Waals surface area contributed by atoms with Crippen LogP contribution in [0.2, 0.25) is 0 Å². The van der Waals surface area contributed by atoms with Crippen LogP contribution in [0.25, 0.3) is 0 Å². The first-order chi connectivity index (χ1) is 62.0. The molecule has 34 nitrogen and oxygen atoms in total. The second-order valence-corrected chi connectivity index (χ2v) is 29.8. The Labute approximate surface area is 746 Å². The summed E-state index contributed by atoms with van der Waals surface area (Å²) in [6, 6.07) is 55.6. The van der Waals surface area contributed by atoms with Gasteiger partial charge in [-0.3, -0.25) is 60.4 Å². The Kier molecular flexibility index (Phi) is 29.6. The minimum atomic E-state index is -0.578. The number of non-ortho nitro benzene ring substituents is 4. The van der Waals surface area contributed by atoms with Gasteiger partial charge in [0.1, 0.15) is 36.5 Å². The van der Waals surface area contributed by atoms with E-state index in [1.54, 1.807) is 101 Å². The third kappa shape index (κ3) is 21.2. The van der Waals surface area contributed by atoms with Crippen LogP contribution < -0.4 is 42.5 Å². The van der Waals surface area contributed by atoms with Gasteiger partial charge in [-0.25, -0.2) is 19.2 Å². The Balaban J connectivity index is 0.000000139. The summed E-state index contributed by atoms with van der Waals surface area (Å²) in [5.41, 5.74) is 15.7. The van der Waals surface area contributed by atoms with E-state index in [1.807, 2.05) is 97.1 Å². The fourth-order valence-electron chi connectivity index (χ4n) is 14.8. The van der Waals surface area contributed by atoms with Crippen molar-refractivity contribution in [2.45, 2.75) is 89.9 Å². The van der Waals surface area contributed by atoms with Gasteiger partial charge in [0.15, 0.2) is 0 Å². The zero-order valence-corrected chi connectivity index (χ0v) is 71.0. The number of carbonyl (C=O) groups excluding carboxylic acids is 4. The van der Waals surface area contributed by atoms with Gasteiger partial charge in [0.05, 0.1) is 112 Å². The first-order valence-corrected chi connectivity index (χ1v) is 41.1. The monoisotopic (exact) mass is 1760 g/mol. The molecule has 0 aromatic heterocycles. The number of allylic oxidation sites excluding steroid dienone is 6. The van der Waals surface area contributed by atoms with E-state index in [2.05, 4.69) is 112 Å². The Bertz CT molecular complexity index is 5860. The van der Waals surface area contributed by atoms with Crippen LogP contribution in [0.1, 0.15) is 112 Å². The Morgan fingerprint density at radius 1 is 0.398 bits per heavy atom. The molecule has 2 saturated carbocycles. The molecule has 4 atom stereocenters. The number of carbonyl (C=O) groups is 4. The number of anilines is 4. The van der Waals surface area contributed by atoms with Crippen LogP contribution in [0.15, 0.2) is 313 Å². The Morgan fingerprint density at radius 3 is 0.906 bits per heavy atom. The van der Waals surface area contributed by atoms with Crippen LogP contribution in [0.5, 0.6) is 0 Å². The summed E-state index contributed by atoms with van der Waals surface area (Å²) < 4.78 is 26.4. The summed E-state index contributed by atoms with van der Waals surface area (Å²) in [6.07, 6.45) is 15.8. The van der Waals surface area contributed by atoms with E-state index in [1.165, 1.54) is 87.1 Å². The van der Waals surface area contributed by atoms with Gasteiger partial charge in [0.2, 0.25) is 0 Å². The van der Waals surface area contributed by atoms with Crippen molar-refractivity contribution >= 4 is 158 Å². The second kappa shape index (κ2) is 41.9. The third-order valence-corrected chi connectivity index (χ3v) is 20.7. The summed E-state index contributed by atoms with van der Waals surface area (Å²) in [5.74, 6) is -1.29. The van der Waals surface area contributed by atoms with Gasteiger partial charge < -0.3 is 61.5 Å². The van der Waals surface area contributed by atoms with Crippen molar-refractivity contribution in [3.8, 4) is 0 Å². The summed E-state index contributed by atoms with van der Waals surface area (Å²) in [7, 11) is 8.67. The fraction of sp³-hybridized carbons (Fsp3) is 0.200. The number of nitrogens with zero attached hydrogens (tertiary/aromatic N) is 10. The molecule has 2 radical (unpaired) electrons. The van der Waals surface area contributed by atoms with E-state index in [9.17, 15) is 59.6 Å². The summed E-state index contributed by atoms with van der Waals surface area (Å²) >= 11 is 6.38. The molecule has 0 unspecified atom stereocenters. The number of nitro groups is 4. The van der Waals surface area contributed by atoms with E-state index in [0.717, 1.165) is 45.5 Å². The molecule has 12 aliphatic rings. The van der Waals surface area contributed by atoms with Crippen LogP contribution in [-0.4, -0.2) is 110 Å². The zero-order chi connectivity index (χ0) is 90.7. The number of thiol groups is 2. The number of cyclic esters (lactones) is 2. The molecule has 0 saturated heterocycles. The number of aliphatic imine (C=N–C) groups is 4. The number of nitro benzene ring substituents is 4. The number of nitrogens with one attached hydrogen (secondary N) is 8. The van der Waals surface area contributed by atoms with E-state index in [4.69, 9.17) is 18.9 Å². The van der Waals surface area contributed by atoms with Crippen LogP contribution in [0, 0.1) is 40.5 Å². The summed E-state index contributed by atoms with van der Waals surface area (Å²) in [6.45, 7) is 7.77. The molecule has 10 heterocycles. The molecule has 8 N–H and O–H groups in total. The molecular formula is C90H82B2N18O16S2. The van der Waals surface area contributed by atoms with Crippen molar-refractivity contribution in [2.24, 2.45) is 28.6 Å². The molecule has 8 aromatic rings. The van der Waals surface area contributed by atoms with Gasteiger partial charge in [-0.1, -0.05) is 136 Å². The van der Waals surface area contributed by atoms with Crippen LogP contribution in [0.4, 0.5) is 68.2 Å². The third-order valence-electron chi connectivity index (χ3n) is 20.7. The molecule has 2 aliphatic carbocycles. The molecule has 0 bridgehead atoms. The van der Waals surface area contributed by atoms with Crippen molar-refractivity contribution in [1.82, 2.24) is 21.3 Å². The molecular weight excluding hydrogens is 1670 g/mol. The second-order valence-electron chi connectivity index (χ2n) is 29.4. The molecule has 8 aromatic carbocycles. The van der Waals surface area contributed by atoms with Gasteiger partial charge in [-0.2, -0.15) is 0 Å². The van der Waals surface area contributed by atoms with E-state index in [0.29, 0.717) is 113 Å². The average Bonchev–Trinajstić information content (AvgIpc) is 1.58. The quantitative estimate of drug-likeness (QED) is 0.0136. The number of fused-ring (bicyclic) bond motifs is 4. The standard InChI is InChI=1S/2C22H20N4O4.2C20H14N4O4.2C3H6.2BHNS/c2*1-3-30-22(27)19-13(2)24-21-16(12-23-17-9-4-5-10-18(17)25-21)20(19)14-7-6-8-15(11-14)26(28)29;2*25-20-18-16(10-28-20)23-19-13(9-21-14-6-1-2-7-15(14)22-19)17(18)11-4-3-5-12(8-11)24(26)27;2*1-2-3-1;2*1-2-3/h2*4-12,20,24-25H,3H2,1-2H3;2*1-9,17,22-23H,10H2;2*1-3H2;2*3H/t2*20-;2*17-;;;;/m1010..../s1. The molecule has 10 aliphatic heterocycles. The Hall–Kier alpha value is -15.3. The van der Waals surface area contributed by atoms with E-state index >= 15 is 0 Å². The summed E-state index contributed by atoms with van der Waals surface area (Å²) in [4.78, 5) is 112. The molecule has 128 heavy (non-hydrogen) atoms. The van der Waals surface area contributed by atoms with Crippen LogP contribution in [0.3, 0.4) is 0 Å². The van der Waals surface area contributed by atoms with Gasteiger partial charge in [0.25, 0.3) is 22.7 Å². The molecule has 20 rings (SSSR count). The van der Waals surface area contributed by atoms with E-state index in [-0.39, 0.29) is 49.2 Å². The average molecular weight is 1760 g/mol. The molecule has 38 heteroatoms. The number of ether oxygens (including phenoxy) is 4. The molecule has 2 fully saturated rings. The zero-order valence-electron chi connectivity index (χ0n) is 69.2. The number of para-hydroxylation sites is 8. The van der Waals surface area contributed by atoms with Gasteiger partial charge in [0, 0.05) is 131 Å². The minimum absolute atomic E-state index is 0.0338. The number of hydrogen-bond acceptors (Lipinski definition) is 32. The number of rotatable bonds is 12. The van der Waals surface area contributed by atoms with Gasteiger partial charge in [-0.05, 0) is 98.5 Å². The summed E-state index contributed by atoms with van der Waals surface area (Å²) in [5, 5.41) is 71.5. The van der Waals surface area contributed by atoms with Crippen molar-refractivity contribution in [3.63, 3.8) is 0 Å². The maximum atomic E-state index is 12.8. The van der Waals surface area contributed by atoms with Gasteiger partial charge in [-0.15, -0.1) is 0 Å². The predicted octanol–water partition coefficient (Wildman–Crippen LogP) is 17.3. The first kappa shape index (κ1) is 90.4.